The summed E-state index contributed by atoms with van der Waals surface area (Å²) in [4.78, 5) is 22.0. The molecule has 0 aliphatic heterocycles. The van der Waals surface area contributed by atoms with Crippen molar-refractivity contribution in [3.63, 3.8) is 0 Å². The minimum atomic E-state index is -0.527. The standard InChI is InChI=1S/C30H33FN6O2/c1-17-27(18(2)37(3)36-17)20-10-13-24(22(16-20)19-8-11-21(32)12-9-19)35-30(38)25-14-15-33-29(34-25)28-23(31)6-5-7-26(28)39-4/h5-7,10,13-16,19,21H,8-9,11-12,32H2,1-4H3,(H,35,38)/t19-,21+. The van der Waals surface area contributed by atoms with E-state index in [1.54, 1.807) is 12.1 Å². The number of carbonyl (C=O) groups is 1. The van der Waals surface area contributed by atoms with E-state index in [9.17, 15) is 9.18 Å². The molecule has 4 aromatic rings. The van der Waals surface area contributed by atoms with Gasteiger partial charge in [-0.15, -0.1) is 0 Å². The van der Waals surface area contributed by atoms with Gasteiger partial charge in [-0.3, -0.25) is 9.48 Å². The Balaban J connectivity index is 1.50. The second kappa shape index (κ2) is 10.9. The number of halogens is 1. The summed E-state index contributed by atoms with van der Waals surface area (Å²) < 4.78 is 21.8. The van der Waals surface area contributed by atoms with Gasteiger partial charge in [-0.1, -0.05) is 12.1 Å². The number of aryl methyl sites for hydroxylation is 2. The number of benzene rings is 2. The second-order valence-electron chi connectivity index (χ2n) is 10.1. The molecular formula is C30H33FN6O2. The highest BCUT2D eigenvalue weighted by Gasteiger charge is 2.25. The van der Waals surface area contributed by atoms with Gasteiger partial charge in [0, 0.05) is 36.2 Å². The molecule has 2 aromatic heterocycles. The Morgan fingerprint density at radius 2 is 1.87 bits per heavy atom. The molecule has 1 fully saturated rings. The summed E-state index contributed by atoms with van der Waals surface area (Å²) in [7, 11) is 3.39. The monoisotopic (exact) mass is 528 g/mol. The fraction of sp³-hybridized carbons (Fsp3) is 0.333. The summed E-state index contributed by atoms with van der Waals surface area (Å²) in [5.41, 5.74) is 12.4. The van der Waals surface area contributed by atoms with Gasteiger partial charge in [-0.25, -0.2) is 14.4 Å². The summed E-state index contributed by atoms with van der Waals surface area (Å²) in [5.74, 6) is -0.287. The molecule has 0 atom stereocenters. The number of carbonyl (C=O) groups excluding carboxylic acids is 1. The molecule has 1 aliphatic carbocycles. The van der Waals surface area contributed by atoms with Gasteiger partial charge in [0.1, 0.15) is 17.3 Å². The number of hydrogen-bond donors (Lipinski definition) is 2. The van der Waals surface area contributed by atoms with E-state index in [-0.39, 0.29) is 29.0 Å². The molecule has 1 amide bonds. The van der Waals surface area contributed by atoms with Crippen LogP contribution < -0.4 is 15.8 Å². The number of nitrogens with two attached hydrogens (primary N) is 1. The van der Waals surface area contributed by atoms with E-state index in [1.165, 1.54) is 25.4 Å². The smallest absolute Gasteiger partial charge is 0.274 e. The molecule has 1 saturated carbocycles. The predicted molar refractivity (Wildman–Crippen MR) is 149 cm³/mol. The quantitative estimate of drug-likeness (QED) is 0.340. The molecule has 3 N–H and O–H groups in total. The van der Waals surface area contributed by atoms with E-state index in [0.717, 1.165) is 59.4 Å². The van der Waals surface area contributed by atoms with Crippen LogP contribution in [0.1, 0.15) is 59.0 Å². The van der Waals surface area contributed by atoms with Crippen molar-refractivity contribution < 1.29 is 13.9 Å². The molecule has 8 nitrogen and oxygen atoms in total. The third-order valence-electron chi connectivity index (χ3n) is 7.62. The van der Waals surface area contributed by atoms with Crippen molar-refractivity contribution >= 4 is 11.6 Å². The fourth-order valence-electron chi connectivity index (χ4n) is 5.47. The van der Waals surface area contributed by atoms with Crippen LogP contribution in [-0.4, -0.2) is 38.8 Å². The molecular weight excluding hydrogens is 495 g/mol. The fourth-order valence-corrected chi connectivity index (χ4v) is 5.47. The molecule has 1 aliphatic rings. The van der Waals surface area contributed by atoms with Crippen molar-refractivity contribution in [2.75, 3.05) is 12.4 Å². The van der Waals surface area contributed by atoms with E-state index in [2.05, 4.69) is 33.4 Å². The molecule has 0 bridgehead atoms. The van der Waals surface area contributed by atoms with Gasteiger partial charge in [0.15, 0.2) is 5.82 Å². The molecule has 0 unspecified atom stereocenters. The Bertz CT molecular complexity index is 1520. The Morgan fingerprint density at radius 1 is 1.10 bits per heavy atom. The lowest BCUT2D eigenvalue weighted by molar-refractivity contribution is 0.102. The summed E-state index contributed by atoms with van der Waals surface area (Å²) >= 11 is 0. The summed E-state index contributed by atoms with van der Waals surface area (Å²) in [6.07, 6.45) is 5.22. The van der Waals surface area contributed by atoms with Gasteiger partial charge in [-0.2, -0.15) is 5.10 Å². The normalized spacial score (nSPS) is 17.2. The van der Waals surface area contributed by atoms with Crippen molar-refractivity contribution in [1.82, 2.24) is 19.7 Å². The molecule has 2 heterocycles. The van der Waals surface area contributed by atoms with Crippen LogP contribution in [0.25, 0.3) is 22.5 Å². The van der Waals surface area contributed by atoms with Crippen LogP contribution >= 0.6 is 0 Å². The maximum absolute atomic E-state index is 14.6. The number of nitrogens with one attached hydrogen (secondary N) is 1. The molecule has 5 rings (SSSR count). The zero-order chi connectivity index (χ0) is 27.7. The maximum Gasteiger partial charge on any atom is 0.274 e. The van der Waals surface area contributed by atoms with Crippen LogP contribution in [0.2, 0.25) is 0 Å². The number of anilines is 1. The van der Waals surface area contributed by atoms with Gasteiger partial charge < -0.3 is 15.8 Å². The van der Waals surface area contributed by atoms with Gasteiger partial charge >= 0.3 is 0 Å². The van der Waals surface area contributed by atoms with Gasteiger partial charge in [0.25, 0.3) is 5.91 Å². The van der Waals surface area contributed by atoms with Gasteiger partial charge in [-0.05, 0) is 86.9 Å². The number of nitrogens with zero attached hydrogens (tertiary/aromatic N) is 4. The molecule has 0 radical (unpaired) electrons. The number of hydrogen-bond acceptors (Lipinski definition) is 6. The second-order valence-corrected chi connectivity index (χ2v) is 10.1. The van der Waals surface area contributed by atoms with Crippen LogP contribution in [-0.2, 0) is 7.05 Å². The Labute approximate surface area is 227 Å². The summed E-state index contributed by atoms with van der Waals surface area (Å²) in [6, 6.07) is 12.3. The molecule has 2 aromatic carbocycles. The Kier molecular flexibility index (Phi) is 7.43. The molecule has 0 spiro atoms. The summed E-state index contributed by atoms with van der Waals surface area (Å²) in [6.45, 7) is 4.07. The SMILES string of the molecule is COc1cccc(F)c1-c1nccc(C(=O)Nc2ccc(-c3c(C)nn(C)c3C)cc2[C@H]2CC[C@@H](N)CC2)n1. The zero-order valence-electron chi connectivity index (χ0n) is 22.7. The average molecular weight is 529 g/mol. The number of aromatic nitrogens is 4. The van der Waals surface area contributed by atoms with Crippen molar-refractivity contribution in [2.24, 2.45) is 12.8 Å². The summed E-state index contributed by atoms with van der Waals surface area (Å²) in [5, 5.41) is 7.65. The number of methoxy groups -OCH3 is 1. The van der Waals surface area contributed by atoms with E-state index in [1.807, 2.05) is 30.8 Å². The van der Waals surface area contributed by atoms with E-state index < -0.39 is 11.7 Å². The highest BCUT2D eigenvalue weighted by molar-refractivity contribution is 6.03. The van der Waals surface area contributed by atoms with Crippen molar-refractivity contribution in [2.45, 2.75) is 51.5 Å². The average Bonchev–Trinajstić information content (AvgIpc) is 3.19. The van der Waals surface area contributed by atoms with E-state index >= 15 is 0 Å². The first kappa shape index (κ1) is 26.5. The molecule has 0 saturated heterocycles. The van der Waals surface area contributed by atoms with Crippen LogP contribution in [0.15, 0.2) is 48.7 Å². The highest BCUT2D eigenvalue weighted by atomic mass is 19.1. The van der Waals surface area contributed by atoms with Gasteiger partial charge in [0.2, 0.25) is 0 Å². The van der Waals surface area contributed by atoms with E-state index in [0.29, 0.717) is 5.75 Å². The molecule has 39 heavy (non-hydrogen) atoms. The Hall–Kier alpha value is -4.11. The third-order valence-corrected chi connectivity index (χ3v) is 7.62. The number of amides is 1. The minimum absolute atomic E-state index is 0.0805. The largest absolute Gasteiger partial charge is 0.496 e. The third kappa shape index (κ3) is 5.27. The first-order chi connectivity index (χ1) is 18.8. The lowest BCUT2D eigenvalue weighted by atomic mass is 9.80. The van der Waals surface area contributed by atoms with Crippen LogP contribution in [0.4, 0.5) is 10.1 Å². The maximum atomic E-state index is 14.6. The highest BCUT2D eigenvalue weighted by Crippen LogP contribution is 2.39. The van der Waals surface area contributed by atoms with Gasteiger partial charge in [0.05, 0.1) is 18.4 Å². The predicted octanol–water partition coefficient (Wildman–Crippen LogP) is 5.55. The molecule has 202 valence electrons. The number of rotatable bonds is 6. The lowest BCUT2D eigenvalue weighted by Gasteiger charge is -2.28. The topological polar surface area (TPSA) is 108 Å². The van der Waals surface area contributed by atoms with Crippen molar-refractivity contribution in [3.8, 4) is 28.3 Å². The first-order valence-electron chi connectivity index (χ1n) is 13.1. The Morgan fingerprint density at radius 3 is 2.56 bits per heavy atom. The van der Waals surface area contributed by atoms with Crippen LogP contribution in [0.5, 0.6) is 5.75 Å². The van der Waals surface area contributed by atoms with E-state index in [4.69, 9.17) is 10.5 Å². The molecule has 9 heteroatoms. The lowest BCUT2D eigenvalue weighted by Crippen LogP contribution is -2.26. The zero-order valence-corrected chi connectivity index (χ0v) is 22.7. The van der Waals surface area contributed by atoms with Crippen molar-refractivity contribution in [3.05, 3.63) is 77.1 Å². The first-order valence-corrected chi connectivity index (χ1v) is 13.1. The number of ether oxygens (including phenoxy) is 1. The minimum Gasteiger partial charge on any atom is -0.496 e. The van der Waals surface area contributed by atoms with Crippen LogP contribution in [0, 0.1) is 19.7 Å². The van der Waals surface area contributed by atoms with Crippen LogP contribution in [0.3, 0.4) is 0 Å². The van der Waals surface area contributed by atoms with Crippen molar-refractivity contribution in [1.29, 1.82) is 0 Å².